The van der Waals surface area contributed by atoms with Crippen LogP contribution in [0.2, 0.25) is 0 Å². The first-order chi connectivity index (χ1) is 11.5. The molecule has 1 aliphatic heterocycles. The van der Waals surface area contributed by atoms with Crippen LogP contribution in [-0.4, -0.2) is 67.4 Å². The van der Waals surface area contributed by atoms with Crippen molar-refractivity contribution in [3.05, 3.63) is 41.5 Å². The van der Waals surface area contributed by atoms with Crippen LogP contribution in [0.1, 0.15) is 15.9 Å². The van der Waals surface area contributed by atoms with E-state index in [4.69, 9.17) is 5.73 Å². The van der Waals surface area contributed by atoms with Crippen LogP contribution in [0.25, 0.3) is 6.08 Å². The molecule has 2 rings (SSSR count). The second-order valence-electron chi connectivity index (χ2n) is 5.51. The molecule has 0 bridgehead atoms. The molecule has 0 saturated carbocycles. The van der Waals surface area contributed by atoms with Crippen LogP contribution in [-0.2, 0) is 14.3 Å². The quantitative estimate of drug-likeness (QED) is 0.611. The number of ether oxygens (including phenoxy) is 1. The van der Waals surface area contributed by atoms with Crippen LogP contribution >= 0.6 is 0 Å². The van der Waals surface area contributed by atoms with Gasteiger partial charge in [-0.05, 0) is 23.8 Å². The Hall–Kier alpha value is -2.67. The summed E-state index contributed by atoms with van der Waals surface area (Å²) in [6, 6.07) is 6.80. The normalized spacial score (nSPS) is 15.5. The Labute approximate surface area is 140 Å². The number of nitrogens with zero attached hydrogens (tertiary/aromatic N) is 2. The maximum absolute atomic E-state index is 12.2. The first-order valence-electron chi connectivity index (χ1n) is 7.65. The van der Waals surface area contributed by atoms with Gasteiger partial charge in [0.1, 0.15) is 0 Å². The number of carbonyl (C=O) groups is 3. The fourth-order valence-electron chi connectivity index (χ4n) is 2.47. The van der Waals surface area contributed by atoms with Crippen molar-refractivity contribution in [2.45, 2.75) is 0 Å². The van der Waals surface area contributed by atoms with E-state index in [1.807, 2.05) is 4.90 Å². The minimum Gasteiger partial charge on any atom is -0.465 e. The van der Waals surface area contributed by atoms with Gasteiger partial charge in [-0.15, -0.1) is 0 Å². The van der Waals surface area contributed by atoms with E-state index in [1.54, 1.807) is 35.2 Å². The lowest BCUT2D eigenvalue weighted by molar-refractivity contribution is -0.128. The largest absolute Gasteiger partial charge is 0.465 e. The van der Waals surface area contributed by atoms with Gasteiger partial charge in [0.05, 0.1) is 19.2 Å². The topological polar surface area (TPSA) is 92.9 Å². The summed E-state index contributed by atoms with van der Waals surface area (Å²) in [5.41, 5.74) is 6.45. The smallest absolute Gasteiger partial charge is 0.337 e. The molecule has 24 heavy (non-hydrogen) atoms. The molecule has 0 radical (unpaired) electrons. The van der Waals surface area contributed by atoms with Crippen LogP contribution in [0.15, 0.2) is 30.3 Å². The van der Waals surface area contributed by atoms with Gasteiger partial charge in [-0.25, -0.2) is 4.79 Å². The molecule has 0 aliphatic carbocycles. The summed E-state index contributed by atoms with van der Waals surface area (Å²) in [5, 5.41) is 0. The second-order valence-corrected chi connectivity index (χ2v) is 5.51. The average molecular weight is 331 g/mol. The number of benzene rings is 1. The summed E-state index contributed by atoms with van der Waals surface area (Å²) in [6.45, 7) is 2.63. The summed E-state index contributed by atoms with van der Waals surface area (Å²) in [6.07, 6.45) is 3.22. The minimum absolute atomic E-state index is 0.0780. The van der Waals surface area contributed by atoms with Gasteiger partial charge in [0.25, 0.3) is 0 Å². The Morgan fingerprint density at radius 3 is 2.29 bits per heavy atom. The molecule has 1 aliphatic rings. The molecule has 2 N–H and O–H groups in total. The molecule has 1 aromatic rings. The van der Waals surface area contributed by atoms with Crippen LogP contribution < -0.4 is 5.73 Å². The zero-order valence-corrected chi connectivity index (χ0v) is 13.6. The highest BCUT2D eigenvalue weighted by Crippen LogP contribution is 2.08. The van der Waals surface area contributed by atoms with Crippen molar-refractivity contribution in [1.82, 2.24) is 9.80 Å². The third kappa shape index (κ3) is 4.92. The molecule has 0 spiro atoms. The molecule has 0 aromatic heterocycles. The number of amides is 2. The molecule has 0 atom stereocenters. The van der Waals surface area contributed by atoms with Crippen molar-refractivity contribution in [2.75, 3.05) is 39.8 Å². The lowest BCUT2D eigenvalue weighted by Gasteiger charge is -2.33. The third-order valence-electron chi connectivity index (χ3n) is 3.81. The Morgan fingerprint density at radius 1 is 1.12 bits per heavy atom. The summed E-state index contributed by atoms with van der Waals surface area (Å²) < 4.78 is 4.64. The monoisotopic (exact) mass is 331 g/mol. The predicted molar refractivity (Wildman–Crippen MR) is 89.0 cm³/mol. The summed E-state index contributed by atoms with van der Waals surface area (Å²) in [4.78, 5) is 38.1. The van der Waals surface area contributed by atoms with Gasteiger partial charge >= 0.3 is 5.97 Å². The van der Waals surface area contributed by atoms with E-state index in [-0.39, 0.29) is 18.4 Å². The van der Waals surface area contributed by atoms with Crippen molar-refractivity contribution in [3.63, 3.8) is 0 Å². The molecule has 7 heteroatoms. The molecular weight excluding hydrogens is 310 g/mol. The van der Waals surface area contributed by atoms with Crippen molar-refractivity contribution in [2.24, 2.45) is 5.73 Å². The highest BCUT2D eigenvalue weighted by atomic mass is 16.5. The lowest BCUT2D eigenvalue weighted by Crippen LogP contribution is -2.50. The second kappa shape index (κ2) is 8.26. The van der Waals surface area contributed by atoms with Gasteiger partial charge in [0.15, 0.2) is 0 Å². The van der Waals surface area contributed by atoms with E-state index in [1.165, 1.54) is 13.2 Å². The fourth-order valence-corrected chi connectivity index (χ4v) is 2.47. The standard InChI is InChI=1S/C17H21N3O4/c1-24-17(23)14-5-2-13(3-6-14)4-7-16(22)20-10-8-19(9-11-20)12-15(18)21/h2-7H,8-12H2,1H3,(H2,18,21)/b7-4+. The first-order valence-corrected chi connectivity index (χ1v) is 7.65. The average Bonchev–Trinajstić information content (AvgIpc) is 2.59. The van der Waals surface area contributed by atoms with Gasteiger partial charge in [-0.3, -0.25) is 14.5 Å². The van der Waals surface area contributed by atoms with Gasteiger partial charge in [0, 0.05) is 32.3 Å². The number of carbonyl (C=O) groups excluding carboxylic acids is 3. The zero-order valence-electron chi connectivity index (χ0n) is 13.6. The molecule has 0 unspecified atom stereocenters. The van der Waals surface area contributed by atoms with Crippen LogP contribution in [0.4, 0.5) is 0 Å². The highest BCUT2D eigenvalue weighted by Gasteiger charge is 2.20. The first kappa shape index (κ1) is 17.7. The zero-order chi connectivity index (χ0) is 17.5. The van der Waals surface area contributed by atoms with Gasteiger partial charge in [0.2, 0.25) is 11.8 Å². The molecular formula is C17H21N3O4. The Balaban J connectivity index is 1.87. The number of nitrogens with two attached hydrogens (primary N) is 1. The minimum atomic E-state index is -0.393. The van der Waals surface area contributed by atoms with E-state index in [0.717, 1.165) is 5.56 Å². The van der Waals surface area contributed by atoms with E-state index < -0.39 is 5.97 Å². The molecule has 2 amide bonds. The van der Waals surface area contributed by atoms with Crippen molar-refractivity contribution in [3.8, 4) is 0 Å². The molecule has 128 valence electrons. The van der Waals surface area contributed by atoms with E-state index >= 15 is 0 Å². The third-order valence-corrected chi connectivity index (χ3v) is 3.81. The van der Waals surface area contributed by atoms with Crippen molar-refractivity contribution >= 4 is 23.9 Å². The summed E-state index contributed by atoms with van der Waals surface area (Å²) in [5.74, 6) is -0.828. The SMILES string of the molecule is COC(=O)c1ccc(/C=C/C(=O)N2CCN(CC(N)=O)CC2)cc1. The van der Waals surface area contributed by atoms with Crippen LogP contribution in [0, 0.1) is 0 Å². The van der Waals surface area contributed by atoms with E-state index in [9.17, 15) is 14.4 Å². The van der Waals surface area contributed by atoms with Gasteiger partial charge in [-0.1, -0.05) is 12.1 Å². The van der Waals surface area contributed by atoms with Gasteiger partial charge in [-0.2, -0.15) is 0 Å². The van der Waals surface area contributed by atoms with Crippen molar-refractivity contribution in [1.29, 1.82) is 0 Å². The molecule has 1 fully saturated rings. The van der Waals surface area contributed by atoms with E-state index in [0.29, 0.717) is 31.7 Å². The van der Waals surface area contributed by atoms with Crippen LogP contribution in [0.3, 0.4) is 0 Å². The maximum atomic E-state index is 12.2. The maximum Gasteiger partial charge on any atom is 0.337 e. The Kier molecular flexibility index (Phi) is 6.08. The van der Waals surface area contributed by atoms with Crippen LogP contribution in [0.5, 0.6) is 0 Å². The molecule has 7 nitrogen and oxygen atoms in total. The number of methoxy groups -OCH3 is 1. The van der Waals surface area contributed by atoms with Crippen molar-refractivity contribution < 1.29 is 19.1 Å². The predicted octanol–water partition coefficient (Wildman–Crippen LogP) is 0.116. The molecule has 1 heterocycles. The number of esters is 1. The number of piperazine rings is 1. The Bertz CT molecular complexity index is 632. The highest BCUT2D eigenvalue weighted by molar-refractivity contribution is 5.92. The molecule has 1 saturated heterocycles. The number of primary amides is 1. The molecule has 1 aromatic carbocycles. The summed E-state index contributed by atoms with van der Waals surface area (Å²) in [7, 11) is 1.33. The summed E-state index contributed by atoms with van der Waals surface area (Å²) >= 11 is 0. The lowest BCUT2D eigenvalue weighted by atomic mass is 10.1. The number of rotatable bonds is 5. The van der Waals surface area contributed by atoms with Gasteiger partial charge < -0.3 is 15.4 Å². The Morgan fingerprint density at radius 2 is 1.75 bits per heavy atom. The van der Waals surface area contributed by atoms with E-state index in [2.05, 4.69) is 4.74 Å². The fraction of sp³-hybridized carbons (Fsp3) is 0.353. The number of hydrogen-bond acceptors (Lipinski definition) is 5. The number of hydrogen-bond donors (Lipinski definition) is 1.